The summed E-state index contributed by atoms with van der Waals surface area (Å²) in [6.45, 7) is 0. The molecule has 1 aliphatic carbocycles. The monoisotopic (exact) mass is 191 g/mol. The Hall–Kier alpha value is -0.640. The molecule has 1 aliphatic rings. The van der Waals surface area contributed by atoms with E-state index in [1.165, 1.54) is 0 Å². The molecule has 0 aromatic carbocycles. The average molecular weight is 192 g/mol. The SMILES string of the molecule is O=NC1(OC(=O)CCl)CCCC1. The molecule has 1 fully saturated rings. The molecule has 0 N–H and O–H groups in total. The molecule has 0 spiro atoms. The third kappa shape index (κ3) is 1.94. The smallest absolute Gasteiger partial charge is 0.323 e. The van der Waals surface area contributed by atoms with Crippen molar-refractivity contribution in [3.8, 4) is 0 Å². The number of esters is 1. The predicted octanol–water partition coefficient (Wildman–Crippen LogP) is 1.81. The van der Waals surface area contributed by atoms with Crippen LogP contribution in [0.1, 0.15) is 25.7 Å². The van der Waals surface area contributed by atoms with Crippen LogP contribution >= 0.6 is 11.6 Å². The number of carbonyl (C=O) groups excluding carboxylic acids is 1. The number of hydrogen-bond acceptors (Lipinski definition) is 4. The summed E-state index contributed by atoms with van der Waals surface area (Å²) < 4.78 is 4.85. The van der Waals surface area contributed by atoms with Crippen LogP contribution in [-0.2, 0) is 9.53 Å². The van der Waals surface area contributed by atoms with Crippen LogP contribution in [0.4, 0.5) is 0 Å². The highest BCUT2D eigenvalue weighted by atomic mass is 35.5. The van der Waals surface area contributed by atoms with E-state index in [-0.39, 0.29) is 5.88 Å². The van der Waals surface area contributed by atoms with Gasteiger partial charge < -0.3 is 4.74 Å². The Balaban J connectivity index is 2.55. The number of nitroso groups, excluding NO2 is 1. The topological polar surface area (TPSA) is 55.7 Å². The third-order valence-corrected chi connectivity index (χ3v) is 2.18. The summed E-state index contributed by atoms with van der Waals surface area (Å²) >= 11 is 5.23. The van der Waals surface area contributed by atoms with Crippen molar-refractivity contribution in [3.05, 3.63) is 4.91 Å². The van der Waals surface area contributed by atoms with Gasteiger partial charge in [-0.05, 0) is 18.0 Å². The summed E-state index contributed by atoms with van der Waals surface area (Å²) in [4.78, 5) is 21.2. The predicted molar refractivity (Wildman–Crippen MR) is 43.8 cm³/mol. The van der Waals surface area contributed by atoms with Crippen molar-refractivity contribution < 1.29 is 9.53 Å². The van der Waals surface area contributed by atoms with Gasteiger partial charge in [0.15, 0.2) is 0 Å². The first kappa shape index (κ1) is 9.45. The molecule has 0 aromatic rings. The molecule has 1 saturated carbocycles. The second kappa shape index (κ2) is 3.85. The van der Waals surface area contributed by atoms with Crippen LogP contribution in [0.5, 0.6) is 0 Å². The molecule has 5 heteroatoms. The molecule has 0 aromatic heterocycles. The fourth-order valence-electron chi connectivity index (χ4n) is 1.38. The quantitative estimate of drug-likeness (QED) is 0.388. The number of carbonyl (C=O) groups is 1. The molecule has 1 rings (SSSR count). The highest BCUT2D eigenvalue weighted by molar-refractivity contribution is 6.26. The van der Waals surface area contributed by atoms with Gasteiger partial charge in [0.25, 0.3) is 0 Å². The highest BCUT2D eigenvalue weighted by Crippen LogP contribution is 2.34. The van der Waals surface area contributed by atoms with E-state index in [0.29, 0.717) is 12.8 Å². The molecule has 0 unspecified atom stereocenters. The minimum absolute atomic E-state index is 0.225. The van der Waals surface area contributed by atoms with E-state index in [9.17, 15) is 9.70 Å². The van der Waals surface area contributed by atoms with E-state index in [4.69, 9.17) is 16.3 Å². The van der Waals surface area contributed by atoms with Gasteiger partial charge in [0.1, 0.15) is 5.88 Å². The van der Waals surface area contributed by atoms with Crippen molar-refractivity contribution in [3.63, 3.8) is 0 Å². The summed E-state index contributed by atoms with van der Waals surface area (Å²) in [5.41, 5.74) is -1.11. The van der Waals surface area contributed by atoms with Crippen LogP contribution in [0.2, 0.25) is 0 Å². The Kier molecular flexibility index (Phi) is 3.03. The molecule has 0 heterocycles. The van der Waals surface area contributed by atoms with Gasteiger partial charge in [-0.15, -0.1) is 16.5 Å². The lowest BCUT2D eigenvalue weighted by Gasteiger charge is -2.19. The second-order valence-corrected chi connectivity index (χ2v) is 3.12. The summed E-state index contributed by atoms with van der Waals surface area (Å²) in [6.07, 6.45) is 2.81. The first-order valence-corrected chi connectivity index (χ1v) is 4.38. The number of hydrogen-bond donors (Lipinski definition) is 0. The number of rotatable bonds is 3. The highest BCUT2D eigenvalue weighted by Gasteiger charge is 2.39. The van der Waals surface area contributed by atoms with Crippen LogP contribution in [0.15, 0.2) is 5.18 Å². The maximum Gasteiger partial charge on any atom is 0.323 e. The van der Waals surface area contributed by atoms with E-state index in [1.807, 2.05) is 0 Å². The van der Waals surface area contributed by atoms with Crippen LogP contribution in [0.25, 0.3) is 0 Å². The molecule has 68 valence electrons. The first-order chi connectivity index (χ1) is 5.72. The lowest BCUT2D eigenvalue weighted by atomic mass is 10.2. The van der Waals surface area contributed by atoms with Crippen molar-refractivity contribution in [1.29, 1.82) is 0 Å². The van der Waals surface area contributed by atoms with Gasteiger partial charge in [0.05, 0.1) is 0 Å². The fourth-order valence-corrected chi connectivity index (χ4v) is 1.43. The largest absolute Gasteiger partial charge is 0.433 e. The Bertz CT molecular complexity index is 189. The van der Waals surface area contributed by atoms with Crippen molar-refractivity contribution in [2.75, 3.05) is 5.88 Å². The summed E-state index contributed by atoms with van der Waals surface area (Å²) in [5, 5.41) is 2.86. The van der Waals surface area contributed by atoms with Crippen molar-refractivity contribution in [1.82, 2.24) is 0 Å². The van der Waals surface area contributed by atoms with Gasteiger partial charge in [-0.25, -0.2) is 0 Å². The summed E-state index contributed by atoms with van der Waals surface area (Å²) in [7, 11) is 0. The van der Waals surface area contributed by atoms with E-state index in [0.717, 1.165) is 12.8 Å². The van der Waals surface area contributed by atoms with Crippen molar-refractivity contribution in [2.45, 2.75) is 31.4 Å². The molecule has 4 nitrogen and oxygen atoms in total. The van der Waals surface area contributed by atoms with E-state index >= 15 is 0 Å². The van der Waals surface area contributed by atoms with Gasteiger partial charge in [0, 0.05) is 12.8 Å². The maximum absolute atomic E-state index is 10.8. The molecular formula is C7H10ClNO3. The zero-order valence-corrected chi connectivity index (χ0v) is 7.34. The lowest BCUT2D eigenvalue weighted by molar-refractivity contribution is -0.155. The number of ether oxygens (including phenoxy) is 1. The van der Waals surface area contributed by atoms with E-state index in [2.05, 4.69) is 5.18 Å². The van der Waals surface area contributed by atoms with Gasteiger partial charge in [-0.3, -0.25) is 4.79 Å². The molecule has 0 saturated heterocycles. The second-order valence-electron chi connectivity index (χ2n) is 2.85. The van der Waals surface area contributed by atoms with E-state index in [1.54, 1.807) is 0 Å². The Morgan fingerprint density at radius 3 is 2.50 bits per heavy atom. The average Bonchev–Trinajstić information content (AvgIpc) is 2.54. The molecule has 0 radical (unpaired) electrons. The third-order valence-electron chi connectivity index (χ3n) is 1.96. The molecule has 0 amide bonds. The number of halogens is 1. The van der Waals surface area contributed by atoms with Crippen molar-refractivity contribution >= 4 is 17.6 Å². The molecule has 0 bridgehead atoms. The van der Waals surface area contributed by atoms with Gasteiger partial charge >= 0.3 is 5.97 Å². The lowest BCUT2D eigenvalue weighted by Crippen LogP contribution is -2.29. The zero-order chi connectivity index (χ0) is 9.03. The minimum atomic E-state index is -1.11. The summed E-state index contributed by atoms with van der Waals surface area (Å²) in [6, 6.07) is 0. The zero-order valence-electron chi connectivity index (χ0n) is 6.59. The van der Waals surface area contributed by atoms with Crippen LogP contribution in [0.3, 0.4) is 0 Å². The molecule has 0 aliphatic heterocycles. The molecule has 0 atom stereocenters. The van der Waals surface area contributed by atoms with Crippen LogP contribution in [-0.4, -0.2) is 17.6 Å². The van der Waals surface area contributed by atoms with Gasteiger partial charge in [-0.2, -0.15) is 0 Å². The Labute approximate surface area is 75.2 Å². The Morgan fingerprint density at radius 2 is 2.08 bits per heavy atom. The van der Waals surface area contributed by atoms with Crippen molar-refractivity contribution in [2.24, 2.45) is 5.18 Å². The van der Waals surface area contributed by atoms with E-state index < -0.39 is 11.7 Å². The standard InChI is InChI=1S/C7H10ClNO3/c8-5-6(10)12-7(9-11)3-1-2-4-7/h1-5H2. The first-order valence-electron chi connectivity index (χ1n) is 3.85. The summed E-state index contributed by atoms with van der Waals surface area (Å²) in [5.74, 6) is -0.796. The van der Waals surface area contributed by atoms with Gasteiger partial charge in [-0.1, -0.05) is 0 Å². The van der Waals surface area contributed by atoms with Gasteiger partial charge in [0.2, 0.25) is 5.72 Å². The number of nitrogens with zero attached hydrogens (tertiary/aromatic N) is 1. The number of alkyl halides is 1. The molecule has 12 heavy (non-hydrogen) atoms. The fraction of sp³-hybridized carbons (Fsp3) is 0.857. The maximum atomic E-state index is 10.8. The minimum Gasteiger partial charge on any atom is -0.433 e. The molecular weight excluding hydrogens is 182 g/mol. The van der Waals surface area contributed by atoms with Crippen LogP contribution in [0, 0.1) is 4.91 Å². The Morgan fingerprint density at radius 1 is 1.50 bits per heavy atom. The normalized spacial score (nSPS) is 20.4. The van der Waals surface area contributed by atoms with Crippen LogP contribution < -0.4 is 0 Å².